The molecule has 1 fully saturated rings. The van der Waals surface area contributed by atoms with Crippen LogP contribution in [0, 0.1) is 19.7 Å². The number of halogens is 2. The van der Waals surface area contributed by atoms with Crippen molar-refractivity contribution in [1.29, 1.82) is 0 Å². The molecule has 1 aliphatic rings. The molecule has 1 aromatic carbocycles. The second-order valence-electron chi connectivity index (χ2n) is 7.68. The van der Waals surface area contributed by atoms with Crippen molar-refractivity contribution in [3.8, 4) is 11.3 Å². The predicted octanol–water partition coefficient (Wildman–Crippen LogP) is 2.76. The van der Waals surface area contributed by atoms with E-state index in [1.807, 2.05) is 4.90 Å². The summed E-state index contributed by atoms with van der Waals surface area (Å²) in [7, 11) is 1.61. The highest BCUT2D eigenvalue weighted by Crippen LogP contribution is 2.31. The number of hydrogen-bond acceptors (Lipinski definition) is 9. The number of nitrogens with zero attached hydrogens (tertiary/aromatic N) is 7. The number of ether oxygens (including phenoxy) is 1. The van der Waals surface area contributed by atoms with E-state index in [9.17, 15) is 9.18 Å². The van der Waals surface area contributed by atoms with Crippen molar-refractivity contribution >= 4 is 28.6 Å². The summed E-state index contributed by atoms with van der Waals surface area (Å²) >= 11 is 5.94. The van der Waals surface area contributed by atoms with Gasteiger partial charge in [0.15, 0.2) is 11.6 Å². The average Bonchev–Trinajstić information content (AvgIpc) is 3.24. The second kappa shape index (κ2) is 8.16. The van der Waals surface area contributed by atoms with Gasteiger partial charge >= 0.3 is 0 Å². The summed E-state index contributed by atoms with van der Waals surface area (Å²) in [6, 6.07) is 4.27. The van der Waals surface area contributed by atoms with E-state index in [-0.39, 0.29) is 38.8 Å². The van der Waals surface area contributed by atoms with Crippen LogP contribution in [0.1, 0.15) is 23.7 Å². The van der Waals surface area contributed by atoms with E-state index < -0.39 is 11.9 Å². The lowest BCUT2D eigenvalue weighted by Gasteiger charge is -2.31. The summed E-state index contributed by atoms with van der Waals surface area (Å²) in [5, 5.41) is 8.13. The van der Waals surface area contributed by atoms with E-state index >= 15 is 0 Å². The van der Waals surface area contributed by atoms with E-state index in [2.05, 4.69) is 25.1 Å². The zero-order valence-electron chi connectivity index (χ0n) is 18.0. The molecule has 0 bridgehead atoms. The summed E-state index contributed by atoms with van der Waals surface area (Å²) in [6.07, 6.45) is -0.492. The van der Waals surface area contributed by atoms with Crippen molar-refractivity contribution in [2.75, 3.05) is 24.6 Å². The van der Waals surface area contributed by atoms with Crippen LogP contribution in [0.3, 0.4) is 0 Å². The van der Waals surface area contributed by atoms with Crippen LogP contribution in [-0.2, 0) is 11.8 Å². The monoisotopic (exact) mass is 471 g/mol. The lowest BCUT2D eigenvalue weighted by atomic mass is 10.1. The molecule has 0 spiro atoms. The highest BCUT2D eigenvalue weighted by molar-refractivity contribution is 6.30. The fourth-order valence-corrected chi connectivity index (χ4v) is 3.83. The van der Waals surface area contributed by atoms with E-state index in [0.29, 0.717) is 37.3 Å². The van der Waals surface area contributed by atoms with Gasteiger partial charge in [-0.3, -0.25) is 9.36 Å². The molecule has 33 heavy (non-hydrogen) atoms. The van der Waals surface area contributed by atoms with Gasteiger partial charge in [-0.2, -0.15) is 0 Å². The van der Waals surface area contributed by atoms with Crippen molar-refractivity contribution in [1.82, 2.24) is 29.7 Å². The van der Waals surface area contributed by atoms with Crippen LogP contribution in [0.15, 0.2) is 27.4 Å². The lowest BCUT2D eigenvalue weighted by molar-refractivity contribution is 0.0212. The molecule has 10 nitrogen and oxygen atoms in total. The van der Waals surface area contributed by atoms with E-state index in [0.717, 1.165) is 0 Å². The molecule has 4 aromatic rings. The Kier molecular flexibility index (Phi) is 5.29. The van der Waals surface area contributed by atoms with Gasteiger partial charge < -0.3 is 14.1 Å². The molecule has 1 unspecified atom stereocenters. The third-order valence-corrected chi connectivity index (χ3v) is 5.73. The SMILES string of the molecule is Cc1nnc(C2CN(c3nc(-c4ccc(Cl)cc4F)c4nc(C)n(C)c(=O)c4n3)CCO2)o1. The van der Waals surface area contributed by atoms with Crippen molar-refractivity contribution in [2.24, 2.45) is 7.05 Å². The largest absolute Gasteiger partial charge is 0.423 e. The second-order valence-corrected chi connectivity index (χ2v) is 8.12. The number of anilines is 1. The molecule has 170 valence electrons. The Labute approximate surface area is 192 Å². The van der Waals surface area contributed by atoms with Crippen LogP contribution in [0.25, 0.3) is 22.3 Å². The Hall–Kier alpha value is -3.44. The minimum Gasteiger partial charge on any atom is -0.423 e. The standard InChI is InChI=1S/C21H19ClFN7O3/c1-10-24-17-16(13-5-4-12(22)8-14(13)23)25-21(26-18(17)20(31)29(10)3)30-6-7-32-15(9-30)19-28-27-11(2)33-19/h4-5,8,15H,6-7,9H2,1-3H3. The highest BCUT2D eigenvalue weighted by Gasteiger charge is 2.29. The average molecular weight is 472 g/mol. The zero-order valence-corrected chi connectivity index (χ0v) is 18.8. The van der Waals surface area contributed by atoms with Gasteiger partial charge in [0.05, 0.1) is 13.2 Å². The van der Waals surface area contributed by atoms with Gasteiger partial charge in [-0.05, 0) is 25.1 Å². The van der Waals surface area contributed by atoms with Gasteiger partial charge in [0.1, 0.15) is 22.9 Å². The number of benzene rings is 1. The van der Waals surface area contributed by atoms with Gasteiger partial charge in [-0.1, -0.05) is 11.6 Å². The minimum atomic E-state index is -0.574. The molecule has 1 aliphatic heterocycles. The molecule has 0 saturated carbocycles. The molecule has 3 aromatic heterocycles. The van der Waals surface area contributed by atoms with Crippen molar-refractivity contribution in [3.63, 3.8) is 0 Å². The Morgan fingerprint density at radius 3 is 2.70 bits per heavy atom. The molecular formula is C21H19ClFN7O3. The fourth-order valence-electron chi connectivity index (χ4n) is 3.67. The third kappa shape index (κ3) is 3.83. The first-order valence-electron chi connectivity index (χ1n) is 10.2. The molecule has 0 radical (unpaired) electrons. The molecule has 0 aliphatic carbocycles. The number of aryl methyl sites for hydroxylation is 2. The summed E-state index contributed by atoms with van der Waals surface area (Å²) in [4.78, 5) is 28.5. The molecule has 0 amide bonds. The van der Waals surface area contributed by atoms with E-state index in [1.165, 1.54) is 16.7 Å². The van der Waals surface area contributed by atoms with Gasteiger partial charge in [-0.25, -0.2) is 19.3 Å². The molecular weight excluding hydrogens is 453 g/mol. The normalized spacial score (nSPS) is 16.5. The summed E-state index contributed by atoms with van der Waals surface area (Å²) < 4.78 is 27.6. The molecule has 1 atom stereocenters. The van der Waals surface area contributed by atoms with Crippen molar-refractivity contribution in [3.05, 3.63) is 57.0 Å². The number of hydrogen-bond donors (Lipinski definition) is 0. The summed E-state index contributed by atoms with van der Waals surface area (Å²) in [6.45, 7) is 4.51. The fraction of sp³-hybridized carbons (Fsp3) is 0.333. The maximum absolute atomic E-state index is 14.9. The molecule has 1 saturated heterocycles. The maximum Gasteiger partial charge on any atom is 0.279 e. The topological polar surface area (TPSA) is 112 Å². The van der Waals surface area contributed by atoms with Crippen LogP contribution in [0.5, 0.6) is 0 Å². The Morgan fingerprint density at radius 2 is 1.97 bits per heavy atom. The molecule has 12 heteroatoms. The summed E-state index contributed by atoms with van der Waals surface area (Å²) in [5.74, 6) is 0.903. The zero-order chi connectivity index (χ0) is 23.3. The Bertz CT molecular complexity index is 1440. The quantitative estimate of drug-likeness (QED) is 0.445. The number of morpholine rings is 1. The van der Waals surface area contributed by atoms with Gasteiger partial charge in [0.25, 0.3) is 5.56 Å². The predicted molar refractivity (Wildman–Crippen MR) is 118 cm³/mol. The van der Waals surface area contributed by atoms with Gasteiger partial charge in [0.2, 0.25) is 17.7 Å². The third-order valence-electron chi connectivity index (χ3n) is 5.49. The van der Waals surface area contributed by atoms with Crippen molar-refractivity contribution < 1.29 is 13.5 Å². The first kappa shape index (κ1) is 21.4. The van der Waals surface area contributed by atoms with Gasteiger partial charge in [0, 0.05) is 31.1 Å². The Morgan fingerprint density at radius 1 is 1.15 bits per heavy atom. The van der Waals surface area contributed by atoms with E-state index in [4.69, 9.17) is 20.8 Å². The van der Waals surface area contributed by atoms with Crippen LogP contribution in [0.4, 0.5) is 10.3 Å². The molecule has 4 heterocycles. The minimum absolute atomic E-state index is 0.0918. The Balaban J connectivity index is 1.67. The molecule has 5 rings (SSSR count). The van der Waals surface area contributed by atoms with Crippen molar-refractivity contribution in [2.45, 2.75) is 20.0 Å². The number of aromatic nitrogens is 6. The van der Waals surface area contributed by atoms with Crippen LogP contribution in [0.2, 0.25) is 5.02 Å². The lowest BCUT2D eigenvalue weighted by Crippen LogP contribution is -2.39. The first-order chi connectivity index (χ1) is 15.8. The number of fused-ring (bicyclic) bond motifs is 1. The van der Waals surface area contributed by atoms with Gasteiger partial charge in [-0.15, -0.1) is 10.2 Å². The first-order valence-corrected chi connectivity index (χ1v) is 10.6. The van der Waals surface area contributed by atoms with Crippen LogP contribution >= 0.6 is 11.6 Å². The summed E-state index contributed by atoms with van der Waals surface area (Å²) in [5.41, 5.74) is 0.341. The smallest absolute Gasteiger partial charge is 0.279 e. The highest BCUT2D eigenvalue weighted by atomic mass is 35.5. The molecule has 0 N–H and O–H groups in total. The van der Waals surface area contributed by atoms with E-state index in [1.54, 1.807) is 27.0 Å². The number of rotatable bonds is 3. The maximum atomic E-state index is 14.9. The van der Waals surface area contributed by atoms with Crippen LogP contribution in [-0.4, -0.2) is 49.4 Å². The van der Waals surface area contributed by atoms with Crippen LogP contribution < -0.4 is 10.5 Å².